The zero-order valence-corrected chi connectivity index (χ0v) is 15.4. The third-order valence-corrected chi connectivity index (χ3v) is 4.72. The molecule has 0 spiro atoms. The molecule has 1 heterocycles. The fraction of sp³-hybridized carbons (Fsp3) is 0.0476. The Hall–Kier alpha value is -3.50. The fourth-order valence-corrected chi connectivity index (χ4v) is 3.28. The molecule has 3 aromatic carbocycles. The minimum absolute atomic E-state index is 0.0433. The number of halogens is 4. The van der Waals surface area contributed by atoms with Crippen LogP contribution < -0.4 is 0 Å². The Morgan fingerprint density at radius 3 is 2.45 bits per heavy atom. The van der Waals surface area contributed by atoms with Gasteiger partial charge in [0.05, 0.1) is 22.2 Å². The molecule has 0 aliphatic carbocycles. The number of fused-ring (bicyclic) bond motifs is 1. The van der Waals surface area contributed by atoms with Crippen LogP contribution in [0.15, 0.2) is 48.5 Å². The number of nitriles is 1. The molecule has 0 unspecified atom stereocenters. The SMILES string of the molecule is N#Cc1ccc(Cn2c(-c3ccc(Cl)cc3O)nc3cc(F)c(F)cc32)cc1F. The Balaban J connectivity index is 1.94. The lowest BCUT2D eigenvalue weighted by molar-refractivity contribution is 0.476. The summed E-state index contributed by atoms with van der Waals surface area (Å²) in [4.78, 5) is 4.33. The number of rotatable bonds is 3. The van der Waals surface area contributed by atoms with E-state index in [0.29, 0.717) is 16.1 Å². The summed E-state index contributed by atoms with van der Waals surface area (Å²) in [5.74, 6) is -2.75. The van der Waals surface area contributed by atoms with Crippen LogP contribution in [-0.2, 0) is 6.54 Å². The molecule has 29 heavy (non-hydrogen) atoms. The van der Waals surface area contributed by atoms with Gasteiger partial charge in [-0.2, -0.15) is 5.26 Å². The van der Waals surface area contributed by atoms with Gasteiger partial charge in [-0.15, -0.1) is 0 Å². The van der Waals surface area contributed by atoms with Gasteiger partial charge in [0.1, 0.15) is 23.5 Å². The molecule has 0 saturated heterocycles. The molecule has 4 rings (SSSR count). The number of phenols is 1. The topological polar surface area (TPSA) is 61.8 Å². The van der Waals surface area contributed by atoms with Crippen LogP contribution in [0.1, 0.15) is 11.1 Å². The Morgan fingerprint density at radius 1 is 1.00 bits per heavy atom. The maximum Gasteiger partial charge on any atom is 0.161 e. The zero-order chi connectivity index (χ0) is 20.7. The normalized spacial score (nSPS) is 11.0. The summed E-state index contributed by atoms with van der Waals surface area (Å²) in [6.45, 7) is 0.0433. The van der Waals surface area contributed by atoms with Crippen molar-refractivity contribution in [2.75, 3.05) is 0 Å². The standard InChI is InChI=1S/C21H11ClF3N3O/c22-13-3-4-14(20(29)6-13)21-27-18-7-16(24)17(25)8-19(18)28(21)10-11-1-2-12(9-26)15(23)5-11/h1-8,29H,10H2. The highest BCUT2D eigenvalue weighted by molar-refractivity contribution is 6.30. The first kappa shape index (κ1) is 18.8. The minimum atomic E-state index is -1.06. The van der Waals surface area contributed by atoms with Crippen LogP contribution in [0.4, 0.5) is 13.2 Å². The predicted octanol–water partition coefficient (Wildman–Crippen LogP) is 5.40. The van der Waals surface area contributed by atoms with Crippen molar-refractivity contribution in [2.45, 2.75) is 6.54 Å². The maximum absolute atomic E-state index is 14.0. The van der Waals surface area contributed by atoms with E-state index in [1.165, 1.54) is 28.8 Å². The van der Waals surface area contributed by atoms with Crippen molar-refractivity contribution in [3.63, 3.8) is 0 Å². The zero-order valence-electron chi connectivity index (χ0n) is 14.6. The smallest absolute Gasteiger partial charge is 0.161 e. The first-order valence-electron chi connectivity index (χ1n) is 8.40. The second-order valence-electron chi connectivity index (χ2n) is 6.36. The van der Waals surface area contributed by atoms with Crippen LogP contribution in [-0.4, -0.2) is 14.7 Å². The van der Waals surface area contributed by atoms with Crippen LogP contribution in [0.5, 0.6) is 5.75 Å². The van der Waals surface area contributed by atoms with E-state index >= 15 is 0 Å². The van der Waals surface area contributed by atoms with Crippen molar-refractivity contribution in [2.24, 2.45) is 0 Å². The van der Waals surface area contributed by atoms with Gasteiger partial charge in [-0.25, -0.2) is 18.2 Å². The highest BCUT2D eigenvalue weighted by Crippen LogP contribution is 2.34. The molecule has 0 bridgehead atoms. The van der Waals surface area contributed by atoms with Gasteiger partial charge in [0.25, 0.3) is 0 Å². The monoisotopic (exact) mass is 413 g/mol. The number of hydrogen-bond donors (Lipinski definition) is 1. The Morgan fingerprint density at radius 2 is 1.76 bits per heavy atom. The minimum Gasteiger partial charge on any atom is -0.507 e. The molecule has 0 saturated carbocycles. The molecule has 1 aromatic heterocycles. The van der Waals surface area contributed by atoms with E-state index < -0.39 is 17.5 Å². The fourth-order valence-electron chi connectivity index (χ4n) is 3.11. The van der Waals surface area contributed by atoms with Crippen molar-refractivity contribution in [3.8, 4) is 23.2 Å². The third kappa shape index (κ3) is 3.39. The number of nitrogens with zero attached hydrogens (tertiary/aromatic N) is 3. The molecule has 1 N–H and O–H groups in total. The van der Waals surface area contributed by atoms with Crippen LogP contribution in [0.2, 0.25) is 5.02 Å². The molecule has 4 aromatic rings. The van der Waals surface area contributed by atoms with E-state index in [1.54, 1.807) is 18.2 Å². The molecule has 8 heteroatoms. The Bertz CT molecular complexity index is 1310. The second-order valence-corrected chi connectivity index (χ2v) is 6.80. The van der Waals surface area contributed by atoms with Crippen molar-refractivity contribution in [1.82, 2.24) is 9.55 Å². The van der Waals surface area contributed by atoms with Gasteiger partial charge < -0.3 is 9.67 Å². The summed E-state index contributed by atoms with van der Waals surface area (Å²) < 4.78 is 43.2. The highest BCUT2D eigenvalue weighted by atomic mass is 35.5. The van der Waals surface area contributed by atoms with Gasteiger partial charge in [-0.05, 0) is 35.9 Å². The Kier molecular flexibility index (Phi) is 4.65. The predicted molar refractivity (Wildman–Crippen MR) is 102 cm³/mol. The summed E-state index contributed by atoms with van der Waals surface area (Å²) in [7, 11) is 0. The quantitative estimate of drug-likeness (QED) is 0.489. The average molecular weight is 414 g/mol. The van der Waals surface area contributed by atoms with E-state index in [9.17, 15) is 18.3 Å². The first-order valence-corrected chi connectivity index (χ1v) is 8.78. The second kappa shape index (κ2) is 7.15. The van der Waals surface area contributed by atoms with Crippen molar-refractivity contribution in [1.29, 1.82) is 5.26 Å². The first-order chi connectivity index (χ1) is 13.9. The maximum atomic E-state index is 14.0. The lowest BCUT2D eigenvalue weighted by atomic mass is 10.1. The van der Waals surface area contributed by atoms with Gasteiger partial charge >= 0.3 is 0 Å². The number of aromatic hydroxyl groups is 1. The summed E-state index contributed by atoms with van der Waals surface area (Å²) in [5.41, 5.74) is 1.09. The summed E-state index contributed by atoms with van der Waals surface area (Å²) >= 11 is 5.89. The van der Waals surface area contributed by atoms with Crippen LogP contribution in [0, 0.1) is 28.8 Å². The van der Waals surface area contributed by atoms with Gasteiger partial charge in [-0.3, -0.25) is 0 Å². The van der Waals surface area contributed by atoms with Gasteiger partial charge in [-0.1, -0.05) is 17.7 Å². The molecule has 0 amide bonds. The molecular formula is C21H11ClF3N3O. The largest absolute Gasteiger partial charge is 0.507 e. The molecule has 144 valence electrons. The van der Waals surface area contributed by atoms with E-state index in [0.717, 1.165) is 12.1 Å². The lowest BCUT2D eigenvalue weighted by Crippen LogP contribution is -2.03. The summed E-state index contributed by atoms with van der Waals surface area (Å²) in [5, 5.41) is 19.5. The molecule has 0 aliphatic rings. The van der Waals surface area contributed by atoms with Gasteiger partial charge in [0, 0.05) is 23.7 Å². The number of imidazole rings is 1. The molecule has 0 fully saturated rings. The molecule has 0 aliphatic heterocycles. The number of aromatic nitrogens is 2. The van der Waals surface area contributed by atoms with Crippen molar-refractivity contribution < 1.29 is 18.3 Å². The molecular weight excluding hydrogens is 403 g/mol. The third-order valence-electron chi connectivity index (χ3n) is 4.49. The van der Waals surface area contributed by atoms with Gasteiger partial charge in [0.2, 0.25) is 0 Å². The highest BCUT2D eigenvalue weighted by Gasteiger charge is 2.19. The Labute approximate surface area is 168 Å². The van der Waals surface area contributed by atoms with Crippen LogP contribution >= 0.6 is 11.6 Å². The number of phenolic OH excluding ortho intramolecular Hbond substituents is 1. The van der Waals surface area contributed by atoms with Crippen molar-refractivity contribution in [3.05, 3.63) is 82.1 Å². The van der Waals surface area contributed by atoms with E-state index in [2.05, 4.69) is 4.98 Å². The van der Waals surface area contributed by atoms with E-state index in [4.69, 9.17) is 16.9 Å². The summed E-state index contributed by atoms with van der Waals surface area (Å²) in [6.07, 6.45) is 0. The molecule has 0 atom stereocenters. The molecule has 4 nitrogen and oxygen atoms in total. The number of hydrogen-bond acceptors (Lipinski definition) is 3. The van der Waals surface area contributed by atoms with Gasteiger partial charge in [0.15, 0.2) is 11.6 Å². The number of benzene rings is 3. The average Bonchev–Trinajstić information content (AvgIpc) is 2.99. The van der Waals surface area contributed by atoms with Crippen LogP contribution in [0.25, 0.3) is 22.4 Å². The van der Waals surface area contributed by atoms with E-state index in [-0.39, 0.29) is 34.7 Å². The molecule has 0 radical (unpaired) electrons. The van der Waals surface area contributed by atoms with Crippen molar-refractivity contribution >= 4 is 22.6 Å². The van der Waals surface area contributed by atoms with Crippen LogP contribution in [0.3, 0.4) is 0 Å². The van der Waals surface area contributed by atoms with E-state index in [1.807, 2.05) is 0 Å². The summed E-state index contributed by atoms with van der Waals surface area (Å²) in [6, 6.07) is 12.2. The lowest BCUT2D eigenvalue weighted by Gasteiger charge is -2.11.